The Balaban J connectivity index is 1.68. The van der Waals surface area contributed by atoms with Gasteiger partial charge in [-0.25, -0.2) is 17.2 Å². The molecule has 0 aromatic heterocycles. The number of benzene rings is 2. The minimum absolute atomic E-state index is 0.0377. The second-order valence-corrected chi connectivity index (χ2v) is 11.4. The number of methoxy groups -OCH3 is 1. The molecule has 6 nitrogen and oxygen atoms in total. The van der Waals surface area contributed by atoms with Crippen LogP contribution in [0, 0.1) is 11.6 Å². The number of sulfone groups is 1. The predicted molar refractivity (Wildman–Crippen MR) is 123 cm³/mol. The number of carbonyl (C=O) groups excluding carboxylic acids is 1. The van der Waals surface area contributed by atoms with Crippen molar-refractivity contribution in [3.63, 3.8) is 0 Å². The van der Waals surface area contributed by atoms with Crippen molar-refractivity contribution in [3.05, 3.63) is 70.8 Å². The molecule has 2 aliphatic heterocycles. The topological polar surface area (TPSA) is 81.7 Å². The van der Waals surface area contributed by atoms with Gasteiger partial charge < -0.3 is 14.8 Å². The van der Waals surface area contributed by atoms with Crippen LogP contribution in [0.25, 0.3) is 0 Å². The lowest BCUT2D eigenvalue weighted by molar-refractivity contribution is -0.151. The number of nitrogens with one attached hydrogen (secondary N) is 1. The summed E-state index contributed by atoms with van der Waals surface area (Å²) in [4.78, 5) is 12.6. The predicted octanol–water partition coefficient (Wildman–Crippen LogP) is 3.24. The molecule has 0 aliphatic carbocycles. The van der Waals surface area contributed by atoms with Crippen LogP contribution in [0.15, 0.2) is 42.5 Å². The SMILES string of the molecule is COC(=O)C1(c2cc(F)c(CC3[C@H](C)NC[C@@H](c4ccccc4)S3(=O)=O)cc2F)CCOCC1. The van der Waals surface area contributed by atoms with E-state index in [9.17, 15) is 13.2 Å². The zero-order valence-electron chi connectivity index (χ0n) is 19.2. The van der Waals surface area contributed by atoms with Gasteiger partial charge in [0, 0.05) is 31.4 Å². The maximum Gasteiger partial charge on any atom is 0.316 e. The standard InChI is InChI=1S/C25H29F2NO5S/c1-16-22(34(30,31)23(15-28-16)17-6-4-3-5-7-17)13-18-12-21(27)19(14-20(18)26)25(24(29)32-2)8-10-33-11-9-25/h3-7,12,14,16,22-23,28H,8-11,13,15H2,1-2H3/t16-,22?,23-/m0/s1. The van der Waals surface area contributed by atoms with Crippen molar-refractivity contribution in [1.82, 2.24) is 5.32 Å². The van der Waals surface area contributed by atoms with Gasteiger partial charge in [-0.3, -0.25) is 4.79 Å². The lowest BCUT2D eigenvalue weighted by Gasteiger charge is -2.36. The first-order valence-electron chi connectivity index (χ1n) is 11.4. The third kappa shape index (κ3) is 4.36. The Labute approximate surface area is 198 Å². The van der Waals surface area contributed by atoms with E-state index in [1.807, 2.05) is 6.07 Å². The Hall–Kier alpha value is -2.36. The van der Waals surface area contributed by atoms with Crippen LogP contribution in [0.5, 0.6) is 0 Å². The Bertz CT molecular complexity index is 1150. The summed E-state index contributed by atoms with van der Waals surface area (Å²) in [6.45, 7) is 2.44. The number of ether oxygens (including phenoxy) is 2. The number of halogens is 2. The van der Waals surface area contributed by atoms with Crippen molar-refractivity contribution in [3.8, 4) is 0 Å². The monoisotopic (exact) mass is 493 g/mol. The van der Waals surface area contributed by atoms with Crippen molar-refractivity contribution in [2.24, 2.45) is 0 Å². The van der Waals surface area contributed by atoms with E-state index in [4.69, 9.17) is 9.47 Å². The Morgan fingerprint density at radius 2 is 1.82 bits per heavy atom. The number of hydrogen-bond donors (Lipinski definition) is 1. The van der Waals surface area contributed by atoms with Crippen LogP contribution in [0.3, 0.4) is 0 Å². The summed E-state index contributed by atoms with van der Waals surface area (Å²) >= 11 is 0. The van der Waals surface area contributed by atoms with Crippen LogP contribution in [0.2, 0.25) is 0 Å². The molecule has 34 heavy (non-hydrogen) atoms. The molecule has 1 unspecified atom stereocenters. The maximum atomic E-state index is 15.4. The number of rotatable bonds is 5. The number of esters is 1. The van der Waals surface area contributed by atoms with E-state index >= 15 is 8.78 Å². The maximum absolute atomic E-state index is 15.4. The fraction of sp³-hybridized carbons (Fsp3) is 0.480. The van der Waals surface area contributed by atoms with Gasteiger partial charge in [-0.1, -0.05) is 30.3 Å². The first kappa shape index (κ1) is 24.8. The highest BCUT2D eigenvalue weighted by Crippen LogP contribution is 2.39. The van der Waals surface area contributed by atoms with E-state index in [-0.39, 0.29) is 50.1 Å². The van der Waals surface area contributed by atoms with Gasteiger partial charge in [0.05, 0.1) is 17.6 Å². The molecule has 0 spiro atoms. The van der Waals surface area contributed by atoms with Gasteiger partial charge in [0.25, 0.3) is 0 Å². The second kappa shape index (κ2) is 9.71. The van der Waals surface area contributed by atoms with Crippen molar-refractivity contribution < 1.29 is 31.5 Å². The van der Waals surface area contributed by atoms with Gasteiger partial charge in [-0.2, -0.15) is 0 Å². The van der Waals surface area contributed by atoms with Crippen molar-refractivity contribution >= 4 is 15.8 Å². The molecule has 0 radical (unpaired) electrons. The molecule has 4 rings (SSSR count). The molecule has 2 aromatic rings. The minimum atomic E-state index is -3.70. The fourth-order valence-corrected chi connectivity index (χ4v) is 7.49. The van der Waals surface area contributed by atoms with Crippen molar-refractivity contribution in [2.75, 3.05) is 26.9 Å². The van der Waals surface area contributed by atoms with Crippen LogP contribution < -0.4 is 5.32 Å². The van der Waals surface area contributed by atoms with E-state index < -0.39 is 49.4 Å². The lowest BCUT2D eigenvalue weighted by atomic mass is 9.73. The van der Waals surface area contributed by atoms with E-state index in [0.717, 1.165) is 12.1 Å². The summed E-state index contributed by atoms with van der Waals surface area (Å²) in [7, 11) is -2.48. The molecule has 0 amide bonds. The molecule has 2 heterocycles. The number of hydrogen-bond acceptors (Lipinski definition) is 6. The van der Waals surface area contributed by atoms with E-state index in [2.05, 4.69) is 5.32 Å². The Morgan fingerprint density at radius 3 is 2.47 bits per heavy atom. The highest BCUT2D eigenvalue weighted by atomic mass is 32.2. The zero-order valence-corrected chi connectivity index (χ0v) is 20.0. The molecule has 2 saturated heterocycles. The van der Waals surface area contributed by atoms with Crippen molar-refractivity contribution in [1.29, 1.82) is 0 Å². The molecule has 184 valence electrons. The van der Waals surface area contributed by atoms with Gasteiger partial charge in [0.15, 0.2) is 9.84 Å². The molecule has 0 bridgehead atoms. The third-order valence-corrected chi connectivity index (χ3v) is 9.82. The van der Waals surface area contributed by atoms with Crippen LogP contribution in [-0.4, -0.2) is 52.5 Å². The molecule has 0 saturated carbocycles. The largest absolute Gasteiger partial charge is 0.468 e. The van der Waals surface area contributed by atoms with Crippen LogP contribution >= 0.6 is 0 Å². The molecule has 2 aromatic carbocycles. The Kier molecular flexibility index (Phi) is 7.07. The van der Waals surface area contributed by atoms with E-state index in [1.165, 1.54) is 7.11 Å². The lowest BCUT2D eigenvalue weighted by Crippen LogP contribution is -2.53. The molecule has 3 atom stereocenters. The van der Waals surface area contributed by atoms with Crippen LogP contribution in [-0.2, 0) is 35.9 Å². The first-order valence-corrected chi connectivity index (χ1v) is 13.0. The second-order valence-electron chi connectivity index (χ2n) is 9.04. The zero-order chi connectivity index (χ0) is 24.5. The minimum Gasteiger partial charge on any atom is -0.468 e. The summed E-state index contributed by atoms with van der Waals surface area (Å²) in [6.07, 6.45) is 0.162. The van der Waals surface area contributed by atoms with E-state index in [1.54, 1.807) is 31.2 Å². The highest BCUT2D eigenvalue weighted by molar-refractivity contribution is 7.92. The van der Waals surface area contributed by atoms with E-state index in [0.29, 0.717) is 5.56 Å². The Morgan fingerprint density at radius 1 is 1.15 bits per heavy atom. The summed E-state index contributed by atoms with van der Waals surface area (Å²) in [6, 6.07) is 10.5. The average Bonchev–Trinajstić information content (AvgIpc) is 2.83. The molecular weight excluding hydrogens is 464 g/mol. The normalized spacial score (nSPS) is 26.1. The third-order valence-electron chi connectivity index (χ3n) is 7.17. The fourth-order valence-electron chi connectivity index (χ4n) is 5.13. The molecular formula is C25H29F2NO5S. The molecule has 1 N–H and O–H groups in total. The summed E-state index contributed by atoms with van der Waals surface area (Å²) in [5.74, 6) is -2.13. The van der Waals surface area contributed by atoms with Crippen LogP contribution in [0.1, 0.15) is 41.7 Å². The smallest absolute Gasteiger partial charge is 0.316 e. The molecule has 2 aliphatic rings. The summed E-state index contributed by atoms with van der Waals surface area (Å²) < 4.78 is 67.9. The molecule has 2 fully saturated rings. The van der Waals surface area contributed by atoms with Gasteiger partial charge in [-0.15, -0.1) is 0 Å². The van der Waals surface area contributed by atoms with Crippen LogP contribution in [0.4, 0.5) is 8.78 Å². The average molecular weight is 494 g/mol. The molecule has 9 heteroatoms. The van der Waals surface area contributed by atoms with Crippen molar-refractivity contribution in [2.45, 2.75) is 48.1 Å². The van der Waals surface area contributed by atoms with Gasteiger partial charge in [0.1, 0.15) is 17.0 Å². The highest BCUT2D eigenvalue weighted by Gasteiger charge is 2.46. The summed E-state index contributed by atoms with van der Waals surface area (Å²) in [5, 5.41) is 1.50. The first-order chi connectivity index (χ1) is 16.2. The summed E-state index contributed by atoms with van der Waals surface area (Å²) in [5.41, 5.74) is -0.790. The number of carbonyl (C=O) groups is 1. The quantitative estimate of drug-likeness (QED) is 0.644. The van der Waals surface area contributed by atoms with Gasteiger partial charge in [0.2, 0.25) is 0 Å². The van der Waals surface area contributed by atoms with Gasteiger partial charge in [-0.05, 0) is 49.4 Å². The van der Waals surface area contributed by atoms with Gasteiger partial charge >= 0.3 is 5.97 Å².